The van der Waals surface area contributed by atoms with Crippen molar-refractivity contribution < 1.29 is 9.59 Å². The van der Waals surface area contributed by atoms with Crippen LogP contribution in [0.15, 0.2) is 53.0 Å². The van der Waals surface area contributed by atoms with Gasteiger partial charge in [0.1, 0.15) is 0 Å². The van der Waals surface area contributed by atoms with E-state index in [1.807, 2.05) is 19.1 Å². The highest BCUT2D eigenvalue weighted by molar-refractivity contribution is 9.10. The molecule has 5 heteroatoms. The molecule has 0 bridgehead atoms. The zero-order chi connectivity index (χ0) is 14.5. The molecule has 0 aliphatic heterocycles. The topological polar surface area (TPSA) is 58.2 Å². The minimum absolute atomic E-state index is 0.351. The molecule has 0 atom stereocenters. The van der Waals surface area contributed by atoms with Crippen molar-refractivity contribution in [2.75, 3.05) is 0 Å². The molecule has 2 N–H and O–H groups in total. The lowest BCUT2D eigenvalue weighted by atomic mass is 10.1. The van der Waals surface area contributed by atoms with Gasteiger partial charge in [0.2, 0.25) is 0 Å². The van der Waals surface area contributed by atoms with Crippen LogP contribution in [0.5, 0.6) is 0 Å². The number of carbonyl (C=O) groups is 2. The molecular weight excluding hydrogens is 320 g/mol. The summed E-state index contributed by atoms with van der Waals surface area (Å²) in [6.07, 6.45) is 0. The monoisotopic (exact) mass is 332 g/mol. The van der Waals surface area contributed by atoms with Crippen LogP contribution in [0.4, 0.5) is 0 Å². The number of amides is 2. The average molecular weight is 333 g/mol. The van der Waals surface area contributed by atoms with Gasteiger partial charge >= 0.3 is 0 Å². The molecule has 2 rings (SSSR count). The molecule has 0 aromatic heterocycles. The van der Waals surface area contributed by atoms with Crippen LogP contribution in [-0.2, 0) is 0 Å². The van der Waals surface area contributed by atoms with E-state index in [0.29, 0.717) is 11.1 Å². The molecule has 0 fully saturated rings. The Morgan fingerprint density at radius 1 is 0.800 bits per heavy atom. The summed E-state index contributed by atoms with van der Waals surface area (Å²) < 4.78 is 0.887. The number of benzene rings is 2. The smallest absolute Gasteiger partial charge is 0.267 e. The number of hydrogen-bond acceptors (Lipinski definition) is 2. The van der Waals surface area contributed by atoms with Crippen LogP contribution in [0.2, 0.25) is 0 Å². The summed E-state index contributed by atoms with van der Waals surface area (Å²) in [4.78, 5) is 23.6. The maximum Gasteiger partial charge on any atom is 0.269 e. The maximum atomic E-state index is 11.8. The summed E-state index contributed by atoms with van der Waals surface area (Å²) in [5.41, 5.74) is 6.79. The van der Waals surface area contributed by atoms with Gasteiger partial charge in [-0.05, 0) is 43.3 Å². The maximum absolute atomic E-state index is 11.8. The lowest BCUT2D eigenvalue weighted by Gasteiger charge is -2.07. The summed E-state index contributed by atoms with van der Waals surface area (Å²) in [5, 5.41) is 0. The Hall–Kier alpha value is -2.14. The van der Waals surface area contributed by atoms with Gasteiger partial charge < -0.3 is 0 Å². The molecule has 2 aromatic carbocycles. The highest BCUT2D eigenvalue weighted by Crippen LogP contribution is 2.10. The van der Waals surface area contributed by atoms with E-state index >= 15 is 0 Å². The van der Waals surface area contributed by atoms with E-state index in [1.54, 1.807) is 36.4 Å². The molecular formula is C15H13BrN2O2. The minimum Gasteiger partial charge on any atom is -0.267 e. The van der Waals surface area contributed by atoms with Crippen molar-refractivity contribution in [1.29, 1.82) is 0 Å². The number of hydrogen-bond donors (Lipinski definition) is 2. The normalized spacial score (nSPS) is 9.90. The van der Waals surface area contributed by atoms with Gasteiger partial charge in [0, 0.05) is 15.6 Å². The van der Waals surface area contributed by atoms with Crippen LogP contribution in [0.1, 0.15) is 26.3 Å². The van der Waals surface area contributed by atoms with E-state index in [9.17, 15) is 9.59 Å². The first-order valence-electron chi connectivity index (χ1n) is 5.99. The number of rotatable bonds is 2. The van der Waals surface area contributed by atoms with Gasteiger partial charge in [0.15, 0.2) is 0 Å². The molecule has 0 radical (unpaired) electrons. The lowest BCUT2D eigenvalue weighted by molar-refractivity contribution is 0.0846. The molecule has 0 unspecified atom stereocenters. The van der Waals surface area contributed by atoms with Crippen LogP contribution in [0, 0.1) is 6.92 Å². The summed E-state index contributed by atoms with van der Waals surface area (Å²) in [6.45, 7) is 1.94. The lowest BCUT2D eigenvalue weighted by Crippen LogP contribution is -2.41. The van der Waals surface area contributed by atoms with Crippen LogP contribution >= 0.6 is 15.9 Å². The van der Waals surface area contributed by atoms with Crippen molar-refractivity contribution in [3.05, 3.63) is 69.7 Å². The Morgan fingerprint density at radius 3 is 1.65 bits per heavy atom. The third kappa shape index (κ3) is 3.68. The van der Waals surface area contributed by atoms with Crippen molar-refractivity contribution in [3.63, 3.8) is 0 Å². The van der Waals surface area contributed by atoms with Gasteiger partial charge in [0.25, 0.3) is 11.8 Å². The summed E-state index contributed by atoms with van der Waals surface area (Å²) >= 11 is 3.29. The third-order valence-electron chi connectivity index (χ3n) is 2.71. The molecule has 0 spiro atoms. The molecule has 20 heavy (non-hydrogen) atoms. The molecule has 0 saturated heterocycles. The highest BCUT2D eigenvalue weighted by Gasteiger charge is 2.08. The standard InChI is InChI=1S/C15H13BrN2O2/c1-10-2-4-11(5-3-10)14(19)17-18-15(20)12-6-8-13(16)9-7-12/h2-9H,1H3,(H,17,19)(H,18,20). The molecule has 0 saturated carbocycles. The molecule has 0 aliphatic carbocycles. The predicted molar refractivity (Wildman–Crippen MR) is 80.3 cm³/mol. The second-order valence-corrected chi connectivity index (χ2v) is 5.20. The van der Waals surface area contributed by atoms with Crippen molar-refractivity contribution in [2.45, 2.75) is 6.92 Å². The van der Waals surface area contributed by atoms with Crippen molar-refractivity contribution in [1.82, 2.24) is 10.9 Å². The summed E-state index contributed by atoms with van der Waals surface area (Å²) in [5.74, 6) is -0.714. The van der Waals surface area contributed by atoms with Crippen LogP contribution in [0.3, 0.4) is 0 Å². The first kappa shape index (κ1) is 14.3. The van der Waals surface area contributed by atoms with E-state index in [0.717, 1.165) is 10.0 Å². The average Bonchev–Trinajstić information content (AvgIpc) is 2.46. The summed E-state index contributed by atoms with van der Waals surface area (Å²) in [7, 11) is 0. The molecule has 0 aliphatic rings. The number of hydrazine groups is 1. The van der Waals surface area contributed by atoms with Crippen LogP contribution in [-0.4, -0.2) is 11.8 Å². The first-order valence-corrected chi connectivity index (χ1v) is 6.78. The van der Waals surface area contributed by atoms with E-state index in [2.05, 4.69) is 26.8 Å². The SMILES string of the molecule is Cc1ccc(C(=O)NNC(=O)c2ccc(Br)cc2)cc1. The van der Waals surface area contributed by atoms with Gasteiger partial charge in [-0.15, -0.1) is 0 Å². The summed E-state index contributed by atoms with van der Waals surface area (Å²) in [6, 6.07) is 13.9. The van der Waals surface area contributed by atoms with Gasteiger partial charge in [-0.3, -0.25) is 20.4 Å². The zero-order valence-corrected chi connectivity index (χ0v) is 12.4. The Labute approximate surface area is 125 Å². The van der Waals surface area contributed by atoms with E-state index < -0.39 is 0 Å². The van der Waals surface area contributed by atoms with Crippen molar-refractivity contribution >= 4 is 27.7 Å². The molecule has 4 nitrogen and oxygen atoms in total. The van der Waals surface area contributed by atoms with E-state index in [-0.39, 0.29) is 11.8 Å². The van der Waals surface area contributed by atoms with Crippen LogP contribution in [0.25, 0.3) is 0 Å². The Kier molecular flexibility index (Phi) is 4.53. The molecule has 2 aromatic rings. The second kappa shape index (κ2) is 6.34. The van der Waals surface area contributed by atoms with Crippen molar-refractivity contribution in [3.8, 4) is 0 Å². The Bertz CT molecular complexity index is 564. The number of aryl methyl sites for hydroxylation is 1. The highest BCUT2D eigenvalue weighted by atomic mass is 79.9. The fourth-order valence-corrected chi connectivity index (χ4v) is 1.83. The Balaban J connectivity index is 1.94. The fraction of sp³-hybridized carbons (Fsp3) is 0.0667. The third-order valence-corrected chi connectivity index (χ3v) is 3.24. The van der Waals surface area contributed by atoms with Gasteiger partial charge in [-0.1, -0.05) is 33.6 Å². The molecule has 2 amide bonds. The Morgan fingerprint density at radius 2 is 1.20 bits per heavy atom. The largest absolute Gasteiger partial charge is 0.269 e. The number of nitrogens with one attached hydrogen (secondary N) is 2. The second-order valence-electron chi connectivity index (χ2n) is 4.28. The molecule has 102 valence electrons. The fourth-order valence-electron chi connectivity index (χ4n) is 1.56. The predicted octanol–water partition coefficient (Wildman–Crippen LogP) is 2.83. The minimum atomic E-state index is -0.363. The molecule has 0 heterocycles. The first-order chi connectivity index (χ1) is 9.56. The van der Waals surface area contributed by atoms with E-state index in [1.165, 1.54) is 0 Å². The van der Waals surface area contributed by atoms with E-state index in [4.69, 9.17) is 0 Å². The number of halogens is 1. The van der Waals surface area contributed by atoms with Gasteiger partial charge in [0.05, 0.1) is 0 Å². The van der Waals surface area contributed by atoms with Gasteiger partial charge in [-0.2, -0.15) is 0 Å². The quantitative estimate of drug-likeness (QED) is 0.831. The zero-order valence-electron chi connectivity index (χ0n) is 10.8. The number of carbonyl (C=O) groups excluding carboxylic acids is 2. The van der Waals surface area contributed by atoms with Crippen LogP contribution < -0.4 is 10.9 Å². The van der Waals surface area contributed by atoms with Crippen molar-refractivity contribution in [2.24, 2.45) is 0 Å². The van der Waals surface area contributed by atoms with Gasteiger partial charge in [-0.25, -0.2) is 0 Å².